The predicted molar refractivity (Wildman–Crippen MR) is 67.1 cm³/mol. The van der Waals surface area contributed by atoms with E-state index in [0.717, 1.165) is 25.7 Å². The summed E-state index contributed by atoms with van der Waals surface area (Å²) in [4.78, 5) is 24.9. The number of carboxylic acids is 1. The van der Waals surface area contributed by atoms with E-state index in [2.05, 4.69) is 0 Å². The number of aliphatic carboxylic acids is 1. The zero-order valence-corrected chi connectivity index (χ0v) is 11.0. The summed E-state index contributed by atoms with van der Waals surface area (Å²) in [5.41, 5.74) is -0.892. The molecule has 5 heteroatoms. The summed E-state index contributed by atoms with van der Waals surface area (Å²) in [6, 6.07) is 0. The number of hydrogen-bond donors (Lipinski definition) is 2. The Balaban J connectivity index is 2.72. The topological polar surface area (TPSA) is 77.8 Å². The number of carbonyl (C=O) groups is 2. The zero-order valence-electron chi connectivity index (χ0n) is 11.0. The number of rotatable bonds is 5. The number of amides is 1. The first kappa shape index (κ1) is 15.0. The maximum atomic E-state index is 12.0. The van der Waals surface area contributed by atoms with Crippen LogP contribution in [0.4, 0.5) is 0 Å². The molecule has 0 aromatic carbocycles. The van der Waals surface area contributed by atoms with Crippen LogP contribution in [0, 0.1) is 5.41 Å². The minimum atomic E-state index is -0.892. The van der Waals surface area contributed by atoms with Crippen LogP contribution < -0.4 is 0 Å². The van der Waals surface area contributed by atoms with E-state index < -0.39 is 11.4 Å². The molecule has 0 aromatic rings. The summed E-state index contributed by atoms with van der Waals surface area (Å²) in [6.07, 6.45) is 5.08. The second kappa shape index (κ2) is 6.73. The average Bonchev–Trinajstić information content (AvgIpc) is 2.56. The van der Waals surface area contributed by atoms with Crippen molar-refractivity contribution in [2.45, 2.75) is 44.9 Å². The van der Waals surface area contributed by atoms with E-state index in [9.17, 15) is 14.7 Å². The zero-order chi connectivity index (χ0) is 13.6. The molecule has 104 valence electrons. The van der Waals surface area contributed by atoms with Gasteiger partial charge >= 0.3 is 5.97 Å². The second-order valence-corrected chi connectivity index (χ2v) is 5.22. The van der Waals surface area contributed by atoms with Crippen molar-refractivity contribution in [3.05, 3.63) is 0 Å². The highest BCUT2D eigenvalue weighted by Crippen LogP contribution is 2.38. The molecule has 1 amide bonds. The molecule has 0 bridgehead atoms. The van der Waals surface area contributed by atoms with E-state index in [1.165, 1.54) is 4.90 Å². The van der Waals surface area contributed by atoms with Crippen molar-refractivity contribution >= 4 is 11.9 Å². The van der Waals surface area contributed by atoms with E-state index in [4.69, 9.17) is 5.11 Å². The fourth-order valence-corrected chi connectivity index (χ4v) is 2.57. The minimum Gasteiger partial charge on any atom is -0.481 e. The SMILES string of the molecule is CN(CCO)C(=O)CC1(C(=O)O)CCCCCC1. The first-order valence-corrected chi connectivity index (χ1v) is 6.60. The van der Waals surface area contributed by atoms with Crippen molar-refractivity contribution in [1.82, 2.24) is 4.90 Å². The number of likely N-dealkylation sites (N-methyl/N-ethyl adjacent to an activating group) is 1. The molecule has 1 saturated carbocycles. The van der Waals surface area contributed by atoms with E-state index in [1.807, 2.05) is 0 Å². The molecule has 1 rings (SSSR count). The first-order chi connectivity index (χ1) is 8.52. The van der Waals surface area contributed by atoms with Crippen molar-refractivity contribution in [1.29, 1.82) is 0 Å². The maximum Gasteiger partial charge on any atom is 0.310 e. The van der Waals surface area contributed by atoms with E-state index >= 15 is 0 Å². The van der Waals surface area contributed by atoms with Gasteiger partial charge in [-0.15, -0.1) is 0 Å². The van der Waals surface area contributed by atoms with Crippen molar-refractivity contribution in [2.24, 2.45) is 5.41 Å². The first-order valence-electron chi connectivity index (χ1n) is 6.60. The van der Waals surface area contributed by atoms with Crippen LogP contribution in [0.3, 0.4) is 0 Å². The molecule has 18 heavy (non-hydrogen) atoms. The van der Waals surface area contributed by atoms with Gasteiger partial charge in [0.15, 0.2) is 0 Å². The lowest BCUT2D eigenvalue weighted by Gasteiger charge is -2.29. The van der Waals surface area contributed by atoms with Crippen molar-refractivity contribution < 1.29 is 19.8 Å². The predicted octanol–water partition coefficient (Wildman–Crippen LogP) is 1.25. The molecule has 1 aliphatic carbocycles. The molecule has 0 unspecified atom stereocenters. The Morgan fingerprint density at radius 2 is 1.72 bits per heavy atom. The van der Waals surface area contributed by atoms with Crippen LogP contribution in [0.2, 0.25) is 0 Å². The van der Waals surface area contributed by atoms with Gasteiger partial charge in [0.1, 0.15) is 0 Å². The minimum absolute atomic E-state index is 0.0544. The Bertz CT molecular complexity index is 295. The Labute approximate surface area is 108 Å². The van der Waals surface area contributed by atoms with Gasteiger partial charge in [-0.2, -0.15) is 0 Å². The van der Waals surface area contributed by atoms with Gasteiger partial charge in [0.05, 0.1) is 12.0 Å². The third kappa shape index (κ3) is 3.70. The summed E-state index contributed by atoms with van der Waals surface area (Å²) in [7, 11) is 1.60. The van der Waals surface area contributed by atoms with Crippen LogP contribution in [0.15, 0.2) is 0 Å². The van der Waals surface area contributed by atoms with Crippen LogP contribution in [0.1, 0.15) is 44.9 Å². The quantitative estimate of drug-likeness (QED) is 0.727. The van der Waals surface area contributed by atoms with Gasteiger partial charge < -0.3 is 15.1 Å². The number of carboxylic acid groups (broad SMARTS) is 1. The largest absolute Gasteiger partial charge is 0.481 e. The van der Waals surface area contributed by atoms with Gasteiger partial charge in [0.25, 0.3) is 0 Å². The number of aliphatic hydroxyl groups excluding tert-OH is 1. The normalized spacial score (nSPS) is 19.0. The molecular weight excluding hydrogens is 234 g/mol. The van der Waals surface area contributed by atoms with Gasteiger partial charge in [0.2, 0.25) is 5.91 Å². The Morgan fingerprint density at radius 1 is 1.17 bits per heavy atom. The smallest absolute Gasteiger partial charge is 0.310 e. The fourth-order valence-electron chi connectivity index (χ4n) is 2.57. The molecule has 5 nitrogen and oxygen atoms in total. The molecule has 0 heterocycles. The molecule has 0 spiro atoms. The third-order valence-corrected chi connectivity index (χ3v) is 3.87. The Morgan fingerprint density at radius 3 is 2.17 bits per heavy atom. The number of aliphatic hydroxyl groups is 1. The molecule has 0 atom stereocenters. The summed E-state index contributed by atoms with van der Waals surface area (Å²) in [5.74, 6) is -1.04. The standard InChI is InChI=1S/C13H23NO4/c1-14(8-9-15)11(16)10-13(12(17)18)6-4-2-3-5-7-13/h15H,2-10H2,1H3,(H,17,18). The summed E-state index contributed by atoms with van der Waals surface area (Å²) in [6.45, 7) is 0.164. The van der Waals surface area contributed by atoms with Crippen molar-refractivity contribution in [2.75, 3.05) is 20.2 Å². The molecule has 1 fully saturated rings. The van der Waals surface area contributed by atoms with Gasteiger partial charge in [-0.3, -0.25) is 9.59 Å². The highest BCUT2D eigenvalue weighted by atomic mass is 16.4. The van der Waals surface area contributed by atoms with Gasteiger partial charge in [-0.1, -0.05) is 25.7 Å². The van der Waals surface area contributed by atoms with Crippen molar-refractivity contribution in [3.63, 3.8) is 0 Å². The van der Waals surface area contributed by atoms with Crippen LogP contribution in [-0.2, 0) is 9.59 Å². The lowest BCUT2D eigenvalue weighted by Crippen LogP contribution is -2.39. The van der Waals surface area contributed by atoms with Crippen LogP contribution in [0.5, 0.6) is 0 Å². The van der Waals surface area contributed by atoms with Crippen LogP contribution >= 0.6 is 0 Å². The summed E-state index contributed by atoms with van der Waals surface area (Å²) < 4.78 is 0. The average molecular weight is 257 g/mol. The Kier molecular flexibility index (Phi) is 5.59. The number of carbonyl (C=O) groups excluding carboxylic acids is 1. The maximum absolute atomic E-state index is 12.0. The Hall–Kier alpha value is -1.10. The highest BCUT2D eigenvalue weighted by Gasteiger charge is 2.41. The van der Waals surface area contributed by atoms with Gasteiger partial charge in [-0.25, -0.2) is 0 Å². The lowest BCUT2D eigenvalue weighted by molar-refractivity contribution is -0.154. The number of nitrogens with zero attached hydrogens (tertiary/aromatic N) is 1. The third-order valence-electron chi connectivity index (χ3n) is 3.87. The lowest BCUT2D eigenvalue weighted by atomic mass is 9.77. The molecule has 0 radical (unpaired) electrons. The van der Waals surface area contributed by atoms with Crippen LogP contribution in [0.25, 0.3) is 0 Å². The molecule has 1 aliphatic rings. The molecule has 0 saturated heterocycles. The van der Waals surface area contributed by atoms with Gasteiger partial charge in [0, 0.05) is 20.0 Å². The monoisotopic (exact) mass is 257 g/mol. The summed E-state index contributed by atoms with van der Waals surface area (Å²) in [5, 5.41) is 18.3. The number of hydrogen-bond acceptors (Lipinski definition) is 3. The van der Waals surface area contributed by atoms with E-state index in [0.29, 0.717) is 12.8 Å². The molecule has 2 N–H and O–H groups in total. The highest BCUT2D eigenvalue weighted by molar-refractivity contribution is 5.84. The molecule has 0 aromatic heterocycles. The fraction of sp³-hybridized carbons (Fsp3) is 0.846. The summed E-state index contributed by atoms with van der Waals surface area (Å²) >= 11 is 0. The second-order valence-electron chi connectivity index (χ2n) is 5.22. The van der Waals surface area contributed by atoms with Gasteiger partial charge in [-0.05, 0) is 12.8 Å². The van der Waals surface area contributed by atoms with Crippen molar-refractivity contribution in [3.8, 4) is 0 Å². The van der Waals surface area contributed by atoms with E-state index in [1.54, 1.807) is 7.05 Å². The molecular formula is C13H23NO4. The van der Waals surface area contributed by atoms with Crippen LogP contribution in [-0.4, -0.2) is 47.2 Å². The molecule has 0 aliphatic heterocycles. The van der Waals surface area contributed by atoms with E-state index in [-0.39, 0.29) is 25.5 Å².